The molecule has 0 saturated heterocycles. The van der Waals surface area contributed by atoms with Crippen molar-refractivity contribution in [2.75, 3.05) is 13.7 Å². The number of carbonyl (C=O) groups excluding carboxylic acids is 1. The van der Waals surface area contributed by atoms with Gasteiger partial charge in [0.25, 0.3) is 0 Å². The van der Waals surface area contributed by atoms with Gasteiger partial charge >= 0.3 is 12.1 Å². The number of rotatable bonds is 6. The SMILES string of the molecule is CN(C(=O)OCC1c2ccccc2-c2ccccc21)[C@H](Cc1ccc2ccncc2c1)C(=O)O. The van der Waals surface area contributed by atoms with E-state index in [2.05, 4.69) is 17.1 Å². The molecule has 0 spiro atoms. The number of aromatic nitrogens is 1. The molecule has 6 nitrogen and oxygen atoms in total. The first kappa shape index (κ1) is 21.6. The lowest BCUT2D eigenvalue weighted by Crippen LogP contribution is -2.44. The van der Waals surface area contributed by atoms with Crippen LogP contribution in [0.25, 0.3) is 21.9 Å². The minimum absolute atomic E-state index is 0.0824. The minimum Gasteiger partial charge on any atom is -0.480 e. The predicted molar refractivity (Wildman–Crippen MR) is 130 cm³/mol. The Hall–Kier alpha value is -4.19. The fourth-order valence-electron chi connectivity index (χ4n) is 4.70. The molecule has 0 unspecified atom stereocenters. The number of carbonyl (C=O) groups is 2. The topological polar surface area (TPSA) is 79.7 Å². The number of carboxylic acids is 1. The van der Waals surface area contributed by atoms with E-state index >= 15 is 0 Å². The molecule has 3 aromatic carbocycles. The molecule has 1 amide bonds. The molecular weight excluding hydrogens is 428 g/mol. The normalized spacial score (nSPS) is 13.2. The summed E-state index contributed by atoms with van der Waals surface area (Å²) < 4.78 is 5.65. The van der Waals surface area contributed by atoms with E-state index in [1.165, 1.54) is 11.9 Å². The Kier molecular flexibility index (Phi) is 5.72. The monoisotopic (exact) mass is 452 g/mol. The lowest BCUT2D eigenvalue weighted by molar-refractivity contribution is -0.142. The molecule has 0 radical (unpaired) electrons. The van der Waals surface area contributed by atoms with Crippen LogP contribution >= 0.6 is 0 Å². The first-order chi connectivity index (χ1) is 16.5. The molecule has 170 valence electrons. The van der Waals surface area contributed by atoms with E-state index in [4.69, 9.17) is 4.74 Å². The van der Waals surface area contributed by atoms with Crippen LogP contribution in [0.2, 0.25) is 0 Å². The van der Waals surface area contributed by atoms with Gasteiger partial charge in [-0.25, -0.2) is 9.59 Å². The van der Waals surface area contributed by atoms with Crippen molar-refractivity contribution in [1.29, 1.82) is 0 Å². The lowest BCUT2D eigenvalue weighted by Gasteiger charge is -2.25. The Balaban J connectivity index is 1.31. The molecule has 1 heterocycles. The molecule has 1 aromatic heterocycles. The molecule has 1 aliphatic rings. The summed E-state index contributed by atoms with van der Waals surface area (Å²) in [5.74, 6) is -1.16. The minimum atomic E-state index is -1.08. The summed E-state index contributed by atoms with van der Waals surface area (Å²) >= 11 is 0. The second kappa shape index (κ2) is 8.98. The van der Waals surface area contributed by atoms with Gasteiger partial charge in [-0.15, -0.1) is 0 Å². The largest absolute Gasteiger partial charge is 0.480 e. The summed E-state index contributed by atoms with van der Waals surface area (Å²) in [6, 6.07) is 22.8. The third kappa shape index (κ3) is 3.99. The second-order valence-corrected chi connectivity index (χ2v) is 8.53. The van der Waals surface area contributed by atoms with Crippen molar-refractivity contribution in [3.63, 3.8) is 0 Å². The number of amides is 1. The highest BCUT2D eigenvalue weighted by Gasteiger charge is 2.32. The van der Waals surface area contributed by atoms with Gasteiger partial charge in [-0.2, -0.15) is 0 Å². The van der Waals surface area contributed by atoms with E-state index in [1.54, 1.807) is 12.4 Å². The number of hydrogen-bond acceptors (Lipinski definition) is 4. The van der Waals surface area contributed by atoms with Crippen LogP contribution in [-0.4, -0.2) is 46.7 Å². The number of carboxylic acid groups (broad SMARTS) is 1. The van der Waals surface area contributed by atoms with Gasteiger partial charge in [-0.05, 0) is 45.3 Å². The van der Waals surface area contributed by atoms with E-state index in [9.17, 15) is 14.7 Å². The third-order valence-corrected chi connectivity index (χ3v) is 6.51. The zero-order valence-corrected chi connectivity index (χ0v) is 18.7. The fraction of sp³-hybridized carbons (Fsp3) is 0.179. The van der Waals surface area contributed by atoms with Crippen molar-refractivity contribution in [3.05, 3.63) is 102 Å². The van der Waals surface area contributed by atoms with Crippen molar-refractivity contribution < 1.29 is 19.4 Å². The van der Waals surface area contributed by atoms with Crippen LogP contribution in [0, 0.1) is 0 Å². The van der Waals surface area contributed by atoms with Crippen molar-refractivity contribution in [1.82, 2.24) is 9.88 Å². The first-order valence-electron chi connectivity index (χ1n) is 11.2. The highest BCUT2D eigenvalue weighted by atomic mass is 16.6. The van der Waals surface area contributed by atoms with Gasteiger partial charge in [0.2, 0.25) is 0 Å². The maximum Gasteiger partial charge on any atom is 0.410 e. The molecule has 1 aliphatic carbocycles. The molecule has 4 aromatic rings. The van der Waals surface area contributed by atoms with Gasteiger partial charge in [-0.1, -0.05) is 60.7 Å². The summed E-state index contributed by atoms with van der Waals surface area (Å²) in [7, 11) is 1.47. The standard InChI is InChI=1S/C28H24N2O4/c1-30(26(27(31)32)15-18-10-11-19-12-13-29-16-20(19)14-18)28(33)34-17-25-23-8-4-2-6-21(23)22-7-3-5-9-24(22)25/h2-14,16,25-26H,15,17H2,1H3,(H,31,32)/t26-/m1/s1. The molecule has 0 bridgehead atoms. The van der Waals surface area contributed by atoms with E-state index in [0.717, 1.165) is 38.6 Å². The molecule has 1 N–H and O–H groups in total. The zero-order chi connectivity index (χ0) is 23.7. The van der Waals surface area contributed by atoms with Crippen LogP contribution in [0.3, 0.4) is 0 Å². The van der Waals surface area contributed by atoms with Gasteiger partial charge in [0.15, 0.2) is 0 Å². The zero-order valence-electron chi connectivity index (χ0n) is 18.7. The highest BCUT2D eigenvalue weighted by Crippen LogP contribution is 2.44. The quantitative estimate of drug-likeness (QED) is 0.440. The van der Waals surface area contributed by atoms with Crippen LogP contribution in [-0.2, 0) is 16.0 Å². The molecule has 5 rings (SSSR count). The van der Waals surface area contributed by atoms with Crippen molar-refractivity contribution in [2.24, 2.45) is 0 Å². The Bertz CT molecular complexity index is 1340. The Morgan fingerprint density at radius 3 is 2.32 bits per heavy atom. The molecule has 0 saturated carbocycles. The number of benzene rings is 3. The number of hydrogen-bond donors (Lipinski definition) is 1. The van der Waals surface area contributed by atoms with E-state index in [0.29, 0.717) is 0 Å². The highest BCUT2D eigenvalue weighted by molar-refractivity contribution is 5.83. The Morgan fingerprint density at radius 2 is 1.65 bits per heavy atom. The summed E-state index contributed by atoms with van der Waals surface area (Å²) in [5, 5.41) is 11.8. The maximum absolute atomic E-state index is 12.9. The van der Waals surface area contributed by atoms with E-state index in [1.807, 2.05) is 60.7 Å². The summed E-state index contributed by atoms with van der Waals surface area (Å²) in [4.78, 5) is 30.2. The van der Waals surface area contributed by atoms with Crippen LogP contribution in [0.4, 0.5) is 4.79 Å². The maximum atomic E-state index is 12.9. The van der Waals surface area contributed by atoms with Crippen molar-refractivity contribution >= 4 is 22.8 Å². The Labute approximate surface area is 197 Å². The molecule has 1 atom stereocenters. The molecular formula is C28H24N2O4. The average Bonchev–Trinajstić information content (AvgIpc) is 3.19. The number of ether oxygens (including phenoxy) is 1. The molecule has 0 aliphatic heterocycles. The van der Waals surface area contributed by atoms with E-state index in [-0.39, 0.29) is 18.9 Å². The lowest BCUT2D eigenvalue weighted by atomic mass is 9.98. The number of likely N-dealkylation sites (N-methyl/N-ethyl adjacent to an activating group) is 1. The summed E-state index contributed by atoms with van der Waals surface area (Å²) in [5.41, 5.74) is 5.31. The molecule has 6 heteroatoms. The number of nitrogens with zero attached hydrogens (tertiary/aromatic N) is 2. The van der Waals surface area contributed by atoms with Gasteiger partial charge < -0.3 is 9.84 Å². The fourth-order valence-corrected chi connectivity index (χ4v) is 4.70. The number of fused-ring (bicyclic) bond motifs is 4. The van der Waals surface area contributed by atoms with Gasteiger partial charge in [0.1, 0.15) is 12.6 Å². The van der Waals surface area contributed by atoms with E-state index < -0.39 is 18.1 Å². The summed E-state index contributed by atoms with van der Waals surface area (Å²) in [6.45, 7) is 0.144. The van der Waals surface area contributed by atoms with Crippen LogP contribution < -0.4 is 0 Å². The summed E-state index contributed by atoms with van der Waals surface area (Å²) in [6.07, 6.45) is 2.97. The van der Waals surface area contributed by atoms with Gasteiger partial charge in [0, 0.05) is 37.2 Å². The van der Waals surface area contributed by atoms with Gasteiger partial charge in [0.05, 0.1) is 0 Å². The van der Waals surface area contributed by atoms with Crippen molar-refractivity contribution in [3.8, 4) is 11.1 Å². The first-order valence-corrected chi connectivity index (χ1v) is 11.2. The number of pyridine rings is 1. The van der Waals surface area contributed by atoms with Crippen LogP contribution in [0.15, 0.2) is 85.2 Å². The molecule has 34 heavy (non-hydrogen) atoms. The van der Waals surface area contributed by atoms with Gasteiger partial charge in [-0.3, -0.25) is 9.88 Å². The van der Waals surface area contributed by atoms with Crippen LogP contribution in [0.1, 0.15) is 22.6 Å². The van der Waals surface area contributed by atoms with Crippen LogP contribution in [0.5, 0.6) is 0 Å². The Morgan fingerprint density at radius 1 is 0.971 bits per heavy atom. The average molecular weight is 453 g/mol. The predicted octanol–water partition coefficient (Wildman–Crippen LogP) is 5.11. The number of aliphatic carboxylic acids is 1. The smallest absolute Gasteiger partial charge is 0.410 e. The molecule has 0 fully saturated rings. The third-order valence-electron chi connectivity index (χ3n) is 6.51. The van der Waals surface area contributed by atoms with Crippen molar-refractivity contribution in [2.45, 2.75) is 18.4 Å². The second-order valence-electron chi connectivity index (χ2n) is 8.53.